The molecule has 0 bridgehead atoms. The van der Waals surface area contributed by atoms with Crippen molar-refractivity contribution in [3.63, 3.8) is 0 Å². The van der Waals surface area contributed by atoms with Crippen molar-refractivity contribution >= 4 is 29.9 Å². The van der Waals surface area contributed by atoms with Crippen LogP contribution in [0.3, 0.4) is 0 Å². The first-order valence-corrected chi connectivity index (χ1v) is 8.29. The smallest absolute Gasteiger partial charge is 0.251 e. The van der Waals surface area contributed by atoms with Crippen LogP contribution in [0.1, 0.15) is 28.8 Å². The molecule has 3 rings (SSSR count). The van der Waals surface area contributed by atoms with Crippen molar-refractivity contribution in [3.05, 3.63) is 65.5 Å². The molecule has 138 valence electrons. The normalized spacial score (nSPS) is 15.8. The van der Waals surface area contributed by atoms with Gasteiger partial charge in [0.15, 0.2) is 0 Å². The van der Waals surface area contributed by atoms with Crippen molar-refractivity contribution in [3.8, 4) is 0 Å². The molecule has 1 heterocycles. The maximum atomic E-state index is 13.5. The van der Waals surface area contributed by atoms with Crippen molar-refractivity contribution in [1.82, 2.24) is 10.6 Å². The fraction of sp³-hybridized carbons (Fsp3) is 0.263. The zero-order chi connectivity index (χ0) is 17.6. The summed E-state index contributed by atoms with van der Waals surface area (Å²) in [7, 11) is 0. The van der Waals surface area contributed by atoms with Gasteiger partial charge in [0.2, 0.25) is 5.91 Å². The molecule has 7 heteroatoms. The highest BCUT2D eigenvalue weighted by Gasteiger charge is 2.21. The van der Waals surface area contributed by atoms with Crippen molar-refractivity contribution in [2.75, 3.05) is 11.9 Å². The van der Waals surface area contributed by atoms with Gasteiger partial charge < -0.3 is 16.0 Å². The van der Waals surface area contributed by atoms with E-state index in [4.69, 9.17) is 0 Å². The molecule has 0 aliphatic carbocycles. The van der Waals surface area contributed by atoms with Crippen LogP contribution in [0.2, 0.25) is 0 Å². The van der Waals surface area contributed by atoms with Gasteiger partial charge in [-0.05, 0) is 49.7 Å². The minimum absolute atomic E-state index is 0. The van der Waals surface area contributed by atoms with Crippen LogP contribution in [-0.2, 0) is 11.3 Å². The quantitative estimate of drug-likeness (QED) is 0.750. The summed E-state index contributed by atoms with van der Waals surface area (Å²) in [5.41, 5.74) is 1.53. The minimum Gasteiger partial charge on any atom is -0.348 e. The number of amides is 2. The number of rotatable bonds is 5. The molecule has 2 aromatic rings. The van der Waals surface area contributed by atoms with Crippen LogP contribution in [0.5, 0.6) is 0 Å². The summed E-state index contributed by atoms with van der Waals surface area (Å²) in [4.78, 5) is 24.2. The van der Waals surface area contributed by atoms with E-state index >= 15 is 0 Å². The van der Waals surface area contributed by atoms with E-state index in [0.29, 0.717) is 16.8 Å². The third-order valence-electron chi connectivity index (χ3n) is 4.19. The van der Waals surface area contributed by atoms with Crippen LogP contribution < -0.4 is 16.0 Å². The van der Waals surface area contributed by atoms with Gasteiger partial charge in [-0.1, -0.05) is 18.2 Å². The van der Waals surface area contributed by atoms with E-state index in [-0.39, 0.29) is 42.6 Å². The van der Waals surface area contributed by atoms with Crippen LogP contribution in [-0.4, -0.2) is 24.4 Å². The second kappa shape index (κ2) is 9.31. The lowest BCUT2D eigenvalue weighted by atomic mass is 10.1. The van der Waals surface area contributed by atoms with E-state index in [9.17, 15) is 14.0 Å². The number of hydrogen-bond acceptors (Lipinski definition) is 3. The first-order valence-electron chi connectivity index (χ1n) is 8.29. The minimum atomic E-state index is -0.346. The van der Waals surface area contributed by atoms with Gasteiger partial charge >= 0.3 is 0 Å². The molecule has 1 saturated heterocycles. The van der Waals surface area contributed by atoms with E-state index in [0.717, 1.165) is 19.4 Å². The predicted molar refractivity (Wildman–Crippen MR) is 101 cm³/mol. The molecule has 0 spiro atoms. The van der Waals surface area contributed by atoms with Gasteiger partial charge in [-0.2, -0.15) is 0 Å². The number of nitrogens with one attached hydrogen (secondary N) is 3. The maximum absolute atomic E-state index is 13.5. The third-order valence-corrected chi connectivity index (χ3v) is 4.19. The molecule has 0 saturated carbocycles. The number of carbonyl (C=O) groups is 2. The Morgan fingerprint density at radius 1 is 1.12 bits per heavy atom. The van der Waals surface area contributed by atoms with Gasteiger partial charge in [0.1, 0.15) is 5.82 Å². The van der Waals surface area contributed by atoms with Crippen molar-refractivity contribution in [2.24, 2.45) is 0 Å². The van der Waals surface area contributed by atoms with E-state index in [2.05, 4.69) is 16.0 Å². The van der Waals surface area contributed by atoms with E-state index in [1.54, 1.807) is 42.5 Å². The van der Waals surface area contributed by atoms with Gasteiger partial charge in [-0.3, -0.25) is 9.59 Å². The largest absolute Gasteiger partial charge is 0.348 e. The predicted octanol–water partition coefficient (Wildman–Crippen LogP) is 2.87. The topological polar surface area (TPSA) is 70.2 Å². The zero-order valence-corrected chi connectivity index (χ0v) is 14.9. The van der Waals surface area contributed by atoms with Crippen molar-refractivity contribution in [2.45, 2.75) is 25.4 Å². The Labute approximate surface area is 157 Å². The van der Waals surface area contributed by atoms with Gasteiger partial charge in [0, 0.05) is 23.4 Å². The molecule has 26 heavy (non-hydrogen) atoms. The molecular formula is C19H21ClFN3O2. The molecule has 0 radical (unpaired) electrons. The molecule has 0 aromatic heterocycles. The number of benzene rings is 2. The van der Waals surface area contributed by atoms with E-state index < -0.39 is 0 Å². The molecule has 5 nitrogen and oxygen atoms in total. The summed E-state index contributed by atoms with van der Waals surface area (Å²) in [6, 6.07) is 12.8. The van der Waals surface area contributed by atoms with Crippen LogP contribution in [0.15, 0.2) is 48.5 Å². The number of hydrogen-bond donors (Lipinski definition) is 3. The third kappa shape index (κ3) is 5.03. The van der Waals surface area contributed by atoms with Gasteiger partial charge in [0.05, 0.1) is 6.04 Å². The summed E-state index contributed by atoms with van der Waals surface area (Å²) in [6.45, 7) is 0.983. The molecule has 1 aliphatic rings. The summed E-state index contributed by atoms with van der Waals surface area (Å²) < 4.78 is 13.5. The lowest BCUT2D eigenvalue weighted by molar-refractivity contribution is -0.117. The lowest BCUT2D eigenvalue weighted by Crippen LogP contribution is -2.35. The van der Waals surface area contributed by atoms with E-state index in [1.165, 1.54) is 6.07 Å². The Bertz CT molecular complexity index is 762. The van der Waals surface area contributed by atoms with Crippen LogP contribution in [0, 0.1) is 5.82 Å². The fourth-order valence-electron chi connectivity index (χ4n) is 2.76. The second-order valence-electron chi connectivity index (χ2n) is 5.99. The standard InChI is InChI=1S/C19H20FN3O2.ClH/c20-16-5-2-1-4-14(16)12-22-18(24)13-7-9-15(10-8-13)23-19(25)17-6-3-11-21-17;/h1-2,4-5,7-10,17,21H,3,6,11-12H2,(H,22,24)(H,23,25);1H. The Hall–Kier alpha value is -2.44. The summed E-state index contributed by atoms with van der Waals surface area (Å²) >= 11 is 0. The van der Waals surface area contributed by atoms with E-state index in [1.807, 2.05) is 0 Å². The molecule has 1 aliphatic heterocycles. The first-order chi connectivity index (χ1) is 12.1. The molecule has 3 N–H and O–H groups in total. The van der Waals surface area contributed by atoms with Crippen molar-refractivity contribution in [1.29, 1.82) is 0 Å². The van der Waals surface area contributed by atoms with Gasteiger partial charge in [-0.25, -0.2) is 4.39 Å². The number of anilines is 1. The molecule has 2 aromatic carbocycles. The number of carbonyl (C=O) groups excluding carboxylic acids is 2. The monoisotopic (exact) mass is 377 g/mol. The van der Waals surface area contributed by atoms with Gasteiger partial charge in [-0.15, -0.1) is 12.4 Å². The van der Waals surface area contributed by atoms with Crippen LogP contribution in [0.25, 0.3) is 0 Å². The highest BCUT2D eigenvalue weighted by atomic mass is 35.5. The summed E-state index contributed by atoms with van der Waals surface area (Å²) in [6.07, 6.45) is 1.83. The zero-order valence-electron chi connectivity index (χ0n) is 14.1. The Morgan fingerprint density at radius 2 is 1.85 bits per heavy atom. The molecule has 1 atom stereocenters. The molecule has 1 unspecified atom stereocenters. The average Bonchev–Trinajstić information content (AvgIpc) is 3.16. The van der Waals surface area contributed by atoms with Crippen LogP contribution in [0.4, 0.5) is 10.1 Å². The Kier molecular flexibility index (Phi) is 7.12. The van der Waals surface area contributed by atoms with Gasteiger partial charge in [0.25, 0.3) is 5.91 Å². The number of halogens is 2. The molecule has 1 fully saturated rings. The first kappa shape index (κ1) is 19.9. The molecular weight excluding hydrogens is 357 g/mol. The Morgan fingerprint density at radius 3 is 2.50 bits per heavy atom. The highest BCUT2D eigenvalue weighted by Crippen LogP contribution is 2.13. The maximum Gasteiger partial charge on any atom is 0.251 e. The highest BCUT2D eigenvalue weighted by molar-refractivity contribution is 5.97. The Balaban J connectivity index is 0.00000243. The fourth-order valence-corrected chi connectivity index (χ4v) is 2.76. The molecule has 2 amide bonds. The van der Waals surface area contributed by atoms with Crippen LogP contribution >= 0.6 is 12.4 Å². The summed E-state index contributed by atoms with van der Waals surface area (Å²) in [5, 5.41) is 8.65. The SMILES string of the molecule is Cl.O=C(NCc1ccccc1F)c1ccc(NC(=O)C2CCCN2)cc1. The average molecular weight is 378 g/mol. The van der Waals surface area contributed by atoms with Crippen molar-refractivity contribution < 1.29 is 14.0 Å². The lowest BCUT2D eigenvalue weighted by Gasteiger charge is -2.11. The second-order valence-corrected chi connectivity index (χ2v) is 5.99. The summed E-state index contributed by atoms with van der Waals surface area (Å²) in [5.74, 6) is -0.700.